The quantitative estimate of drug-likeness (QED) is 0.435. The third kappa shape index (κ3) is 5.66. The Morgan fingerprint density at radius 2 is 1.79 bits per heavy atom. The fourth-order valence-electron chi connectivity index (χ4n) is 3.41. The summed E-state index contributed by atoms with van der Waals surface area (Å²) in [6.07, 6.45) is -4.45. The lowest BCUT2D eigenvalue weighted by Gasteiger charge is -2.25. The van der Waals surface area contributed by atoms with Crippen LogP contribution >= 0.6 is 23.4 Å². The highest BCUT2D eigenvalue weighted by molar-refractivity contribution is 8.00. The smallest absolute Gasteiger partial charge is 0.416 e. The number of anilines is 2. The summed E-state index contributed by atoms with van der Waals surface area (Å²) in [5.74, 6) is 0.112. The molecule has 1 saturated heterocycles. The van der Waals surface area contributed by atoms with Crippen LogP contribution in [0.2, 0.25) is 5.02 Å². The number of carbonyl (C=O) groups excluding carboxylic acids is 2. The number of amides is 2. The average molecular weight is 507 g/mol. The first kappa shape index (κ1) is 24.0. The van der Waals surface area contributed by atoms with Gasteiger partial charge in [-0.15, -0.1) is 11.8 Å². The van der Waals surface area contributed by atoms with Crippen LogP contribution in [0.1, 0.15) is 16.5 Å². The summed E-state index contributed by atoms with van der Waals surface area (Å²) in [7, 11) is 0. The minimum absolute atomic E-state index is 0.192. The van der Waals surface area contributed by atoms with Gasteiger partial charge >= 0.3 is 6.18 Å². The molecule has 0 spiro atoms. The lowest BCUT2D eigenvalue weighted by Crippen LogP contribution is -2.28. The van der Waals surface area contributed by atoms with E-state index in [1.165, 1.54) is 28.8 Å². The number of thioether (sulfide) groups is 1. The van der Waals surface area contributed by atoms with E-state index in [1.54, 1.807) is 48.5 Å². The minimum Gasteiger partial charge on any atom is -0.484 e. The van der Waals surface area contributed by atoms with E-state index in [4.69, 9.17) is 16.3 Å². The highest BCUT2D eigenvalue weighted by atomic mass is 35.5. The van der Waals surface area contributed by atoms with E-state index in [0.29, 0.717) is 22.1 Å². The number of alkyl halides is 3. The van der Waals surface area contributed by atoms with E-state index >= 15 is 0 Å². The Balaban J connectivity index is 1.45. The zero-order valence-electron chi connectivity index (χ0n) is 17.5. The lowest BCUT2D eigenvalue weighted by molar-refractivity contribution is -0.137. The molecule has 5 nitrogen and oxygen atoms in total. The number of carbonyl (C=O) groups is 2. The zero-order chi connectivity index (χ0) is 24.3. The van der Waals surface area contributed by atoms with Crippen molar-refractivity contribution in [2.24, 2.45) is 0 Å². The number of benzene rings is 3. The molecule has 1 fully saturated rings. The molecule has 0 aromatic heterocycles. The summed E-state index contributed by atoms with van der Waals surface area (Å²) in [5.41, 5.74) is 0.832. The van der Waals surface area contributed by atoms with Crippen LogP contribution in [-0.4, -0.2) is 24.2 Å². The number of nitrogens with one attached hydrogen (secondary N) is 1. The molecule has 10 heteroatoms. The molecule has 3 aromatic rings. The number of nitrogens with zero attached hydrogens (tertiary/aromatic N) is 1. The van der Waals surface area contributed by atoms with Crippen molar-refractivity contribution < 1.29 is 27.5 Å². The van der Waals surface area contributed by atoms with Gasteiger partial charge in [0.25, 0.3) is 5.91 Å². The van der Waals surface area contributed by atoms with Crippen molar-refractivity contribution in [3.63, 3.8) is 0 Å². The van der Waals surface area contributed by atoms with Gasteiger partial charge in [-0.1, -0.05) is 23.7 Å². The van der Waals surface area contributed by atoms with E-state index < -0.39 is 17.1 Å². The molecule has 34 heavy (non-hydrogen) atoms. The molecule has 1 aliphatic heterocycles. The molecule has 1 aliphatic rings. The predicted octanol–water partition coefficient (Wildman–Crippen LogP) is 6.15. The van der Waals surface area contributed by atoms with E-state index in [9.17, 15) is 22.8 Å². The molecule has 176 valence electrons. The van der Waals surface area contributed by atoms with E-state index in [-0.39, 0.29) is 24.2 Å². The van der Waals surface area contributed by atoms with Crippen molar-refractivity contribution in [2.45, 2.75) is 11.6 Å². The second-order valence-corrected chi connectivity index (χ2v) is 8.89. The minimum atomic E-state index is -4.45. The fourth-order valence-corrected chi connectivity index (χ4v) is 4.70. The van der Waals surface area contributed by atoms with Crippen LogP contribution in [0.15, 0.2) is 72.8 Å². The van der Waals surface area contributed by atoms with Crippen molar-refractivity contribution in [3.05, 3.63) is 88.9 Å². The molecule has 1 heterocycles. The third-order valence-electron chi connectivity index (χ3n) is 4.98. The van der Waals surface area contributed by atoms with E-state index in [2.05, 4.69) is 5.32 Å². The maximum absolute atomic E-state index is 12.9. The van der Waals surface area contributed by atoms with Gasteiger partial charge in [0.05, 0.1) is 11.3 Å². The second kappa shape index (κ2) is 9.99. The Hall–Kier alpha value is -3.17. The third-order valence-corrected chi connectivity index (χ3v) is 6.44. The van der Waals surface area contributed by atoms with E-state index in [1.807, 2.05) is 0 Å². The lowest BCUT2D eigenvalue weighted by atomic mass is 10.1. The normalized spacial score (nSPS) is 15.9. The fraction of sp³-hybridized carbons (Fsp3) is 0.167. The van der Waals surface area contributed by atoms with Crippen LogP contribution in [0.25, 0.3) is 0 Å². The van der Waals surface area contributed by atoms with Crippen molar-refractivity contribution >= 4 is 46.6 Å². The Labute approximate surface area is 202 Å². The molecule has 1 atom stereocenters. The van der Waals surface area contributed by atoms with Crippen molar-refractivity contribution in [1.82, 2.24) is 0 Å². The first-order chi connectivity index (χ1) is 16.2. The van der Waals surface area contributed by atoms with Gasteiger partial charge in [0.15, 0.2) is 6.61 Å². The predicted molar refractivity (Wildman–Crippen MR) is 126 cm³/mol. The second-order valence-electron chi connectivity index (χ2n) is 7.39. The molecule has 0 saturated carbocycles. The monoisotopic (exact) mass is 506 g/mol. The largest absolute Gasteiger partial charge is 0.484 e. The van der Waals surface area contributed by atoms with Crippen LogP contribution in [0.4, 0.5) is 24.5 Å². The van der Waals surface area contributed by atoms with Crippen LogP contribution < -0.4 is 15.0 Å². The number of hydrogen-bond acceptors (Lipinski definition) is 4. The first-order valence-corrected chi connectivity index (χ1v) is 11.5. The molecular formula is C24H18ClF3N2O3S. The summed E-state index contributed by atoms with van der Waals surface area (Å²) in [4.78, 5) is 26.3. The summed E-state index contributed by atoms with van der Waals surface area (Å²) < 4.78 is 44.1. The summed E-state index contributed by atoms with van der Waals surface area (Å²) in [6.45, 7) is -0.208. The molecule has 4 rings (SSSR count). The van der Waals surface area contributed by atoms with Crippen LogP contribution in [0.5, 0.6) is 5.75 Å². The molecule has 3 aromatic carbocycles. The highest BCUT2D eigenvalue weighted by Crippen LogP contribution is 2.43. The molecule has 0 unspecified atom stereocenters. The summed E-state index contributed by atoms with van der Waals surface area (Å²) in [5, 5.41) is 2.87. The Kier molecular flexibility index (Phi) is 7.04. The molecule has 0 bridgehead atoms. The Bertz CT molecular complexity index is 1190. The van der Waals surface area contributed by atoms with Gasteiger partial charge < -0.3 is 10.1 Å². The van der Waals surface area contributed by atoms with Crippen LogP contribution in [-0.2, 0) is 15.8 Å². The summed E-state index contributed by atoms with van der Waals surface area (Å²) in [6, 6.07) is 18.1. The number of halogens is 4. The zero-order valence-corrected chi connectivity index (χ0v) is 19.1. The van der Waals surface area contributed by atoms with E-state index in [0.717, 1.165) is 17.7 Å². The number of rotatable bonds is 6. The molecular weight excluding hydrogens is 489 g/mol. The summed E-state index contributed by atoms with van der Waals surface area (Å²) >= 11 is 7.19. The van der Waals surface area contributed by atoms with Gasteiger partial charge in [0.2, 0.25) is 5.91 Å². The molecule has 0 radical (unpaired) electrons. The van der Waals surface area contributed by atoms with Crippen molar-refractivity contribution in [2.75, 3.05) is 22.6 Å². The van der Waals surface area contributed by atoms with Crippen LogP contribution in [0, 0.1) is 0 Å². The standard InChI is InChI=1S/C24H18ClF3N2O3S/c25-17-6-10-20(11-7-17)33-13-21(31)29-18-3-1-2-15(12-18)23-30(22(32)14-34-23)19-8-4-16(5-9-19)24(26,27)28/h1-12,23H,13-14H2,(H,29,31)/t23-/m1/s1. The highest BCUT2D eigenvalue weighted by Gasteiger charge is 2.35. The molecule has 1 N–H and O–H groups in total. The average Bonchev–Trinajstić information content (AvgIpc) is 3.20. The number of hydrogen-bond donors (Lipinski definition) is 1. The van der Waals surface area contributed by atoms with Gasteiger partial charge in [-0.05, 0) is 66.2 Å². The van der Waals surface area contributed by atoms with Gasteiger partial charge in [-0.3, -0.25) is 14.5 Å². The number of ether oxygens (including phenoxy) is 1. The molecule has 2 amide bonds. The van der Waals surface area contributed by atoms with Gasteiger partial charge in [0, 0.05) is 16.4 Å². The maximum atomic E-state index is 12.9. The van der Waals surface area contributed by atoms with Crippen molar-refractivity contribution in [1.29, 1.82) is 0 Å². The molecule has 0 aliphatic carbocycles. The Morgan fingerprint density at radius 1 is 1.09 bits per heavy atom. The van der Waals surface area contributed by atoms with Gasteiger partial charge in [0.1, 0.15) is 11.1 Å². The SMILES string of the molecule is O=C(COc1ccc(Cl)cc1)Nc1cccc([C@H]2SCC(=O)N2c2ccc(C(F)(F)F)cc2)c1. The first-order valence-electron chi connectivity index (χ1n) is 10.1. The Morgan fingerprint density at radius 3 is 2.47 bits per heavy atom. The topological polar surface area (TPSA) is 58.6 Å². The maximum Gasteiger partial charge on any atom is 0.416 e. The van der Waals surface area contributed by atoms with Gasteiger partial charge in [-0.2, -0.15) is 13.2 Å². The van der Waals surface area contributed by atoms with Crippen molar-refractivity contribution in [3.8, 4) is 5.75 Å². The van der Waals surface area contributed by atoms with Gasteiger partial charge in [-0.25, -0.2) is 0 Å². The van der Waals surface area contributed by atoms with Crippen LogP contribution in [0.3, 0.4) is 0 Å².